The zero-order chi connectivity index (χ0) is 26.2. The first-order chi connectivity index (χ1) is 19.9. The molecule has 0 bridgehead atoms. The number of rotatable bonds is 2. The zero-order valence-corrected chi connectivity index (χ0v) is 21.8. The molecule has 0 saturated carbocycles. The van der Waals surface area contributed by atoms with Crippen LogP contribution in [0.4, 0.5) is 0 Å². The molecular formula is C38H24N2. The number of hydrogen-bond donors (Lipinski definition) is 0. The van der Waals surface area contributed by atoms with E-state index in [1.807, 2.05) is 0 Å². The van der Waals surface area contributed by atoms with Crippen LogP contribution in [-0.4, -0.2) is 9.13 Å². The highest BCUT2D eigenvalue weighted by atomic mass is 15.1. The van der Waals surface area contributed by atoms with Gasteiger partial charge in [-0.05, 0) is 57.3 Å². The highest BCUT2D eigenvalue weighted by molar-refractivity contribution is 6.34. The highest BCUT2D eigenvalue weighted by Crippen LogP contribution is 2.46. The maximum Gasteiger partial charge on any atom is 0.0810 e. The van der Waals surface area contributed by atoms with E-state index in [9.17, 15) is 0 Å². The molecule has 2 nitrogen and oxygen atoms in total. The monoisotopic (exact) mass is 508 g/mol. The first-order valence-electron chi connectivity index (χ1n) is 13.8. The summed E-state index contributed by atoms with van der Waals surface area (Å²) < 4.78 is 4.99. The number of aromatic nitrogens is 2. The van der Waals surface area contributed by atoms with Gasteiger partial charge in [-0.25, -0.2) is 0 Å². The lowest BCUT2D eigenvalue weighted by atomic mass is 9.97. The molecule has 186 valence electrons. The second kappa shape index (κ2) is 8.08. The lowest BCUT2D eigenvalue weighted by Gasteiger charge is -2.13. The average molecular weight is 509 g/mol. The van der Waals surface area contributed by atoms with Crippen molar-refractivity contribution in [3.63, 3.8) is 0 Å². The second-order valence-electron chi connectivity index (χ2n) is 10.6. The van der Waals surface area contributed by atoms with Crippen LogP contribution in [0.25, 0.3) is 76.5 Å². The van der Waals surface area contributed by atoms with Crippen LogP contribution in [0.15, 0.2) is 146 Å². The Bertz CT molecular complexity index is 2420. The molecule has 0 amide bonds. The van der Waals surface area contributed by atoms with Gasteiger partial charge >= 0.3 is 0 Å². The minimum atomic E-state index is 1.17. The van der Waals surface area contributed by atoms with Crippen molar-refractivity contribution in [1.29, 1.82) is 0 Å². The fourth-order valence-electron chi connectivity index (χ4n) is 6.81. The average Bonchev–Trinajstić information content (AvgIpc) is 3.55. The number of fused-ring (bicyclic) bond motifs is 11. The lowest BCUT2D eigenvalue weighted by molar-refractivity contribution is 1.18. The Morgan fingerprint density at radius 3 is 1.73 bits per heavy atom. The minimum absolute atomic E-state index is 1.17. The summed E-state index contributed by atoms with van der Waals surface area (Å²) in [6.07, 6.45) is 0. The summed E-state index contributed by atoms with van der Waals surface area (Å²) in [6, 6.07) is 52.9. The van der Waals surface area contributed by atoms with E-state index >= 15 is 0 Å². The molecule has 0 aliphatic rings. The summed E-state index contributed by atoms with van der Waals surface area (Å²) in [5.74, 6) is 0. The zero-order valence-electron chi connectivity index (χ0n) is 21.8. The molecule has 2 aromatic heterocycles. The molecule has 0 saturated heterocycles. The van der Waals surface area contributed by atoms with Gasteiger partial charge in [-0.2, -0.15) is 0 Å². The molecule has 40 heavy (non-hydrogen) atoms. The molecule has 0 N–H and O–H groups in total. The van der Waals surface area contributed by atoms with Gasteiger partial charge in [0, 0.05) is 27.5 Å². The Kier molecular flexibility index (Phi) is 4.36. The van der Waals surface area contributed by atoms with Gasteiger partial charge in [-0.3, -0.25) is 0 Å². The Hall–Kier alpha value is -5.34. The van der Waals surface area contributed by atoms with Crippen molar-refractivity contribution in [2.45, 2.75) is 0 Å². The van der Waals surface area contributed by atoms with E-state index in [0.29, 0.717) is 0 Å². The molecule has 0 atom stereocenters. The van der Waals surface area contributed by atoms with E-state index in [4.69, 9.17) is 0 Å². The van der Waals surface area contributed by atoms with Crippen LogP contribution < -0.4 is 0 Å². The van der Waals surface area contributed by atoms with Gasteiger partial charge in [0.1, 0.15) is 0 Å². The maximum atomic E-state index is 2.50. The van der Waals surface area contributed by atoms with Crippen molar-refractivity contribution in [2.75, 3.05) is 0 Å². The second-order valence-corrected chi connectivity index (χ2v) is 10.6. The van der Waals surface area contributed by atoms with Crippen molar-refractivity contribution in [2.24, 2.45) is 0 Å². The van der Waals surface area contributed by atoms with Gasteiger partial charge in [0.15, 0.2) is 0 Å². The lowest BCUT2D eigenvalue weighted by Crippen LogP contribution is -1.95. The Morgan fingerprint density at radius 1 is 0.325 bits per heavy atom. The van der Waals surface area contributed by atoms with E-state index in [-0.39, 0.29) is 0 Å². The van der Waals surface area contributed by atoms with E-state index in [0.717, 1.165) is 0 Å². The van der Waals surface area contributed by atoms with Gasteiger partial charge in [0.05, 0.1) is 22.1 Å². The molecule has 9 rings (SSSR count). The fourth-order valence-corrected chi connectivity index (χ4v) is 6.81. The summed E-state index contributed by atoms with van der Waals surface area (Å²) in [5.41, 5.74) is 7.31. The van der Waals surface area contributed by atoms with Crippen molar-refractivity contribution in [3.8, 4) is 11.4 Å². The van der Waals surface area contributed by atoms with Crippen LogP contribution in [-0.2, 0) is 0 Å². The summed E-state index contributed by atoms with van der Waals surface area (Å²) in [7, 11) is 0. The van der Waals surface area contributed by atoms with Crippen LogP contribution in [0.2, 0.25) is 0 Å². The molecular weight excluding hydrogens is 484 g/mol. The van der Waals surface area contributed by atoms with E-state index in [1.54, 1.807) is 0 Å². The molecule has 2 heterocycles. The number of benzene rings is 7. The molecule has 7 aromatic carbocycles. The smallest absolute Gasteiger partial charge is 0.0810 e. The third kappa shape index (κ3) is 2.82. The SMILES string of the molecule is c1ccc(-n2c3c4ccccc4c4ccccc4c3c3c2c2ccccc2n3-c2ccc3ccccc3c2)cc1. The van der Waals surface area contributed by atoms with Crippen molar-refractivity contribution in [1.82, 2.24) is 9.13 Å². The van der Waals surface area contributed by atoms with E-state index in [2.05, 4.69) is 155 Å². The Morgan fingerprint density at radius 2 is 0.925 bits per heavy atom. The quantitative estimate of drug-likeness (QED) is 0.206. The summed E-state index contributed by atoms with van der Waals surface area (Å²) in [6.45, 7) is 0. The van der Waals surface area contributed by atoms with Gasteiger partial charge in [-0.1, -0.05) is 115 Å². The number of nitrogens with zero attached hydrogens (tertiary/aromatic N) is 2. The standard InChI is InChI=1S/C38H24N2/c1-2-14-27(15-3-1)40-36-32-19-9-7-17-30(32)29-16-6-8-18-31(29)35(36)38-37(40)33-20-10-11-21-34(33)39(38)28-23-22-25-12-4-5-13-26(25)24-28/h1-24H. The maximum absolute atomic E-state index is 2.50. The summed E-state index contributed by atoms with van der Waals surface area (Å²) in [5, 5.41) is 10.1. The third-order valence-electron chi connectivity index (χ3n) is 8.44. The van der Waals surface area contributed by atoms with E-state index in [1.165, 1.54) is 76.5 Å². The largest absolute Gasteiger partial charge is 0.307 e. The summed E-state index contributed by atoms with van der Waals surface area (Å²) in [4.78, 5) is 0. The van der Waals surface area contributed by atoms with Crippen molar-refractivity contribution < 1.29 is 0 Å². The predicted molar refractivity (Wildman–Crippen MR) is 170 cm³/mol. The first-order valence-corrected chi connectivity index (χ1v) is 13.8. The molecule has 0 spiro atoms. The summed E-state index contributed by atoms with van der Waals surface area (Å²) >= 11 is 0. The van der Waals surface area contributed by atoms with Crippen molar-refractivity contribution in [3.05, 3.63) is 146 Å². The Balaban J connectivity index is 1.62. The number of para-hydroxylation sites is 2. The van der Waals surface area contributed by atoms with Crippen LogP contribution in [0.1, 0.15) is 0 Å². The molecule has 0 aliphatic carbocycles. The highest BCUT2D eigenvalue weighted by Gasteiger charge is 2.25. The van der Waals surface area contributed by atoms with Crippen LogP contribution in [0.3, 0.4) is 0 Å². The van der Waals surface area contributed by atoms with Gasteiger partial charge in [0.25, 0.3) is 0 Å². The molecule has 0 aliphatic heterocycles. The molecule has 0 unspecified atom stereocenters. The predicted octanol–water partition coefficient (Wildman–Crippen LogP) is 10.2. The number of hydrogen-bond acceptors (Lipinski definition) is 0. The molecule has 0 fully saturated rings. The van der Waals surface area contributed by atoms with Crippen LogP contribution >= 0.6 is 0 Å². The van der Waals surface area contributed by atoms with Gasteiger partial charge in [0.2, 0.25) is 0 Å². The van der Waals surface area contributed by atoms with Crippen LogP contribution in [0.5, 0.6) is 0 Å². The minimum Gasteiger partial charge on any atom is -0.307 e. The molecule has 0 radical (unpaired) electrons. The molecule has 9 aromatic rings. The van der Waals surface area contributed by atoms with E-state index < -0.39 is 0 Å². The normalized spacial score (nSPS) is 12.0. The van der Waals surface area contributed by atoms with Gasteiger partial charge in [-0.15, -0.1) is 0 Å². The Labute approximate surface area is 230 Å². The molecule has 2 heteroatoms. The topological polar surface area (TPSA) is 9.86 Å². The van der Waals surface area contributed by atoms with Crippen LogP contribution in [0, 0.1) is 0 Å². The third-order valence-corrected chi connectivity index (χ3v) is 8.44. The van der Waals surface area contributed by atoms with Gasteiger partial charge < -0.3 is 9.13 Å². The van der Waals surface area contributed by atoms with Crippen molar-refractivity contribution >= 4 is 65.2 Å². The fraction of sp³-hybridized carbons (Fsp3) is 0. The first kappa shape index (κ1) is 21.6.